The van der Waals surface area contributed by atoms with Crippen molar-refractivity contribution in [1.82, 2.24) is 4.90 Å². The van der Waals surface area contributed by atoms with Crippen LogP contribution in [0.2, 0.25) is 0 Å². The van der Waals surface area contributed by atoms with E-state index in [1.54, 1.807) is 0 Å². The highest BCUT2D eigenvalue weighted by atomic mass is 16.4. The zero-order chi connectivity index (χ0) is 14.1. The topological polar surface area (TPSA) is 66.6 Å². The van der Waals surface area contributed by atoms with E-state index in [0.717, 1.165) is 36.0 Å². The molecule has 1 saturated heterocycles. The van der Waals surface area contributed by atoms with Gasteiger partial charge in [0.2, 0.25) is 0 Å². The molecule has 0 aliphatic carbocycles. The van der Waals surface area contributed by atoms with Crippen LogP contribution >= 0.6 is 0 Å². The summed E-state index contributed by atoms with van der Waals surface area (Å²) in [5.41, 5.74) is 8.00. The van der Waals surface area contributed by atoms with Gasteiger partial charge >= 0.3 is 5.97 Å². The summed E-state index contributed by atoms with van der Waals surface area (Å²) in [5, 5.41) is 11.3. The fraction of sp³-hybridized carbons (Fsp3) is 0.312. The van der Waals surface area contributed by atoms with Crippen molar-refractivity contribution in [3.05, 3.63) is 42.0 Å². The first-order valence-electron chi connectivity index (χ1n) is 6.86. The fourth-order valence-electron chi connectivity index (χ4n) is 2.94. The molecular formula is C16H18N2O2. The molecule has 1 atom stereocenters. The van der Waals surface area contributed by atoms with E-state index < -0.39 is 5.97 Å². The molecule has 2 aromatic carbocycles. The summed E-state index contributed by atoms with van der Waals surface area (Å²) < 4.78 is 0. The second kappa shape index (κ2) is 5.13. The van der Waals surface area contributed by atoms with Gasteiger partial charge in [-0.3, -0.25) is 9.69 Å². The predicted molar refractivity (Wildman–Crippen MR) is 79.4 cm³/mol. The Morgan fingerprint density at radius 3 is 2.70 bits per heavy atom. The summed E-state index contributed by atoms with van der Waals surface area (Å²) in [5.74, 6) is -0.912. The predicted octanol–water partition coefficient (Wildman–Crippen LogP) is 2.33. The maximum absolute atomic E-state index is 11.0. The summed E-state index contributed by atoms with van der Waals surface area (Å²) >= 11 is 0. The molecule has 1 fully saturated rings. The molecule has 0 spiro atoms. The van der Waals surface area contributed by atoms with Crippen LogP contribution in [-0.2, 0) is 11.3 Å². The van der Waals surface area contributed by atoms with Gasteiger partial charge in [-0.2, -0.15) is 0 Å². The maximum atomic E-state index is 11.0. The molecular weight excluding hydrogens is 252 g/mol. The van der Waals surface area contributed by atoms with Crippen molar-refractivity contribution in [1.29, 1.82) is 0 Å². The van der Waals surface area contributed by atoms with E-state index in [-0.39, 0.29) is 5.92 Å². The van der Waals surface area contributed by atoms with Crippen LogP contribution in [0.1, 0.15) is 12.0 Å². The third kappa shape index (κ3) is 2.34. The third-order valence-electron chi connectivity index (χ3n) is 4.06. The largest absolute Gasteiger partial charge is 0.481 e. The van der Waals surface area contributed by atoms with Crippen LogP contribution < -0.4 is 5.73 Å². The van der Waals surface area contributed by atoms with E-state index in [2.05, 4.69) is 11.0 Å². The minimum atomic E-state index is -0.685. The lowest BCUT2D eigenvalue weighted by Gasteiger charge is -2.17. The second-order valence-corrected chi connectivity index (χ2v) is 5.42. The van der Waals surface area contributed by atoms with Crippen LogP contribution in [0.5, 0.6) is 0 Å². The van der Waals surface area contributed by atoms with Crippen molar-refractivity contribution in [3.63, 3.8) is 0 Å². The number of anilines is 1. The van der Waals surface area contributed by atoms with Gasteiger partial charge in [-0.1, -0.05) is 30.3 Å². The van der Waals surface area contributed by atoms with Crippen LogP contribution in [0.4, 0.5) is 5.69 Å². The molecule has 3 N–H and O–H groups in total. The standard InChI is InChI=1S/C16H18N2O2/c17-15-6-5-11(13-3-1-2-4-14(13)15)9-18-8-7-12(10-18)16(19)20/h1-6,12H,7-10,17H2,(H,19,20). The highest BCUT2D eigenvalue weighted by Gasteiger charge is 2.27. The molecule has 1 aliphatic rings. The molecule has 1 aliphatic heterocycles. The average molecular weight is 270 g/mol. The van der Waals surface area contributed by atoms with Crippen LogP contribution in [0.15, 0.2) is 36.4 Å². The number of nitrogen functional groups attached to an aromatic ring is 1. The number of nitrogens with two attached hydrogens (primary N) is 1. The first-order valence-corrected chi connectivity index (χ1v) is 6.86. The first-order chi connectivity index (χ1) is 9.65. The molecule has 4 heteroatoms. The number of likely N-dealkylation sites (tertiary alicyclic amines) is 1. The Kier molecular flexibility index (Phi) is 3.32. The van der Waals surface area contributed by atoms with Gasteiger partial charge in [-0.25, -0.2) is 0 Å². The molecule has 3 rings (SSSR count). The molecule has 0 radical (unpaired) electrons. The van der Waals surface area contributed by atoms with E-state index in [0.29, 0.717) is 6.54 Å². The highest BCUT2D eigenvalue weighted by Crippen LogP contribution is 2.27. The Bertz CT molecular complexity index is 654. The lowest BCUT2D eigenvalue weighted by Crippen LogP contribution is -2.22. The maximum Gasteiger partial charge on any atom is 0.307 e. The smallest absolute Gasteiger partial charge is 0.307 e. The van der Waals surface area contributed by atoms with Crippen LogP contribution in [0.25, 0.3) is 10.8 Å². The molecule has 2 aromatic rings. The number of hydrogen-bond acceptors (Lipinski definition) is 3. The molecule has 20 heavy (non-hydrogen) atoms. The van der Waals surface area contributed by atoms with Crippen LogP contribution in [0.3, 0.4) is 0 Å². The number of benzene rings is 2. The lowest BCUT2D eigenvalue weighted by atomic mass is 10.0. The molecule has 1 heterocycles. The van der Waals surface area contributed by atoms with Crippen molar-refractivity contribution in [2.45, 2.75) is 13.0 Å². The minimum Gasteiger partial charge on any atom is -0.481 e. The van der Waals surface area contributed by atoms with Crippen molar-refractivity contribution in [2.75, 3.05) is 18.8 Å². The van der Waals surface area contributed by atoms with Gasteiger partial charge in [-0.05, 0) is 30.0 Å². The van der Waals surface area contributed by atoms with Gasteiger partial charge in [0.1, 0.15) is 0 Å². The molecule has 0 aromatic heterocycles. The number of nitrogens with zero attached hydrogens (tertiary/aromatic N) is 1. The van der Waals surface area contributed by atoms with Gasteiger partial charge in [0.15, 0.2) is 0 Å². The number of aliphatic carboxylic acids is 1. The number of fused-ring (bicyclic) bond motifs is 1. The summed E-state index contributed by atoms with van der Waals surface area (Å²) in [6, 6.07) is 12.1. The van der Waals surface area contributed by atoms with Crippen LogP contribution in [0, 0.1) is 5.92 Å². The second-order valence-electron chi connectivity index (χ2n) is 5.42. The highest BCUT2D eigenvalue weighted by molar-refractivity contribution is 5.95. The lowest BCUT2D eigenvalue weighted by molar-refractivity contribution is -0.141. The van der Waals surface area contributed by atoms with Crippen molar-refractivity contribution in [3.8, 4) is 0 Å². The van der Waals surface area contributed by atoms with E-state index >= 15 is 0 Å². The van der Waals surface area contributed by atoms with Crippen LogP contribution in [-0.4, -0.2) is 29.1 Å². The summed E-state index contributed by atoms with van der Waals surface area (Å²) in [6.45, 7) is 2.26. The Labute approximate surface area is 117 Å². The zero-order valence-electron chi connectivity index (χ0n) is 11.2. The molecule has 0 bridgehead atoms. The van der Waals surface area contributed by atoms with Crippen molar-refractivity contribution in [2.24, 2.45) is 5.92 Å². The number of carbonyl (C=O) groups is 1. The van der Waals surface area contributed by atoms with E-state index in [4.69, 9.17) is 10.8 Å². The molecule has 104 valence electrons. The van der Waals surface area contributed by atoms with Gasteiger partial charge in [0, 0.05) is 24.2 Å². The SMILES string of the molecule is Nc1ccc(CN2CCC(C(=O)O)C2)c2ccccc12. The quantitative estimate of drug-likeness (QED) is 0.840. The monoisotopic (exact) mass is 270 g/mol. The van der Waals surface area contributed by atoms with Gasteiger partial charge in [0.05, 0.1) is 5.92 Å². The molecule has 4 nitrogen and oxygen atoms in total. The van der Waals surface area contributed by atoms with Gasteiger partial charge in [-0.15, -0.1) is 0 Å². The number of carboxylic acid groups (broad SMARTS) is 1. The summed E-state index contributed by atoms with van der Waals surface area (Å²) in [7, 11) is 0. The Hall–Kier alpha value is -2.07. The first kappa shape index (κ1) is 12.9. The summed E-state index contributed by atoms with van der Waals surface area (Å²) in [6.07, 6.45) is 0.738. The third-order valence-corrected chi connectivity index (χ3v) is 4.06. The molecule has 0 saturated carbocycles. The normalized spacial score (nSPS) is 19.5. The zero-order valence-corrected chi connectivity index (χ0v) is 11.2. The van der Waals surface area contributed by atoms with E-state index in [9.17, 15) is 4.79 Å². The molecule has 1 unspecified atom stereocenters. The number of hydrogen-bond donors (Lipinski definition) is 2. The van der Waals surface area contributed by atoms with Gasteiger partial charge < -0.3 is 10.8 Å². The summed E-state index contributed by atoms with van der Waals surface area (Å²) in [4.78, 5) is 13.2. The van der Waals surface area contributed by atoms with E-state index in [1.165, 1.54) is 5.56 Å². The Morgan fingerprint density at radius 2 is 2.00 bits per heavy atom. The molecule has 0 amide bonds. The Morgan fingerprint density at radius 1 is 1.25 bits per heavy atom. The number of carboxylic acids is 1. The Balaban J connectivity index is 1.85. The fourth-order valence-corrected chi connectivity index (χ4v) is 2.94. The van der Waals surface area contributed by atoms with Gasteiger partial charge in [0.25, 0.3) is 0 Å². The minimum absolute atomic E-state index is 0.227. The van der Waals surface area contributed by atoms with E-state index in [1.807, 2.05) is 30.3 Å². The van der Waals surface area contributed by atoms with Crippen molar-refractivity contribution < 1.29 is 9.90 Å². The average Bonchev–Trinajstić information content (AvgIpc) is 2.91. The number of rotatable bonds is 3. The van der Waals surface area contributed by atoms with Crippen molar-refractivity contribution >= 4 is 22.4 Å².